The summed E-state index contributed by atoms with van der Waals surface area (Å²) in [6.45, 7) is 0. The number of hydrogen-bond acceptors (Lipinski definition) is 4. The highest BCUT2D eigenvalue weighted by Gasteiger charge is 2.17. The second-order valence-electron chi connectivity index (χ2n) is 2.57. The van der Waals surface area contributed by atoms with E-state index in [9.17, 15) is 13.2 Å². The van der Waals surface area contributed by atoms with Crippen LogP contribution in [0.2, 0.25) is 0 Å². The molecule has 0 heterocycles. The van der Waals surface area contributed by atoms with Crippen LogP contribution >= 0.6 is 33.3 Å². The van der Waals surface area contributed by atoms with Crippen molar-refractivity contribution in [1.29, 1.82) is 0 Å². The maximum atomic E-state index is 11.1. The Hall–Kier alpha value is -0.340. The fraction of sp³-hybridized carbons (Fsp3) is 0.125. The third-order valence-electron chi connectivity index (χ3n) is 1.61. The van der Waals surface area contributed by atoms with Crippen molar-refractivity contribution in [1.82, 2.24) is 0 Å². The molecule has 0 aromatic heterocycles. The Morgan fingerprint density at radius 2 is 2.07 bits per heavy atom. The van der Waals surface area contributed by atoms with E-state index in [1.165, 1.54) is 25.3 Å². The fourth-order valence-electron chi connectivity index (χ4n) is 0.935. The van der Waals surface area contributed by atoms with Crippen molar-refractivity contribution in [2.45, 2.75) is 4.90 Å². The number of benzene rings is 1. The van der Waals surface area contributed by atoms with Crippen molar-refractivity contribution >= 4 is 48.3 Å². The lowest BCUT2D eigenvalue weighted by Crippen LogP contribution is -2.04. The Kier molecular flexibility index (Phi) is 3.96. The molecule has 0 fully saturated rings. The Balaban J connectivity index is 3.36. The van der Waals surface area contributed by atoms with Gasteiger partial charge in [-0.1, -0.05) is 0 Å². The molecule has 0 atom stereocenters. The molecule has 0 spiro atoms. The molecule has 1 aromatic carbocycles. The van der Waals surface area contributed by atoms with E-state index in [0.29, 0.717) is 3.57 Å². The summed E-state index contributed by atoms with van der Waals surface area (Å²) in [5, 5.41) is 0. The predicted molar refractivity (Wildman–Crippen MR) is 63.5 cm³/mol. The SMILES string of the molecule is COC(=O)c1ccc(I)c(S(=O)(=O)Cl)c1. The Morgan fingerprint density at radius 3 is 2.53 bits per heavy atom. The lowest BCUT2D eigenvalue weighted by Gasteiger charge is -2.03. The molecule has 1 aromatic rings. The van der Waals surface area contributed by atoms with E-state index in [4.69, 9.17) is 10.7 Å². The van der Waals surface area contributed by atoms with E-state index in [1.54, 1.807) is 0 Å². The van der Waals surface area contributed by atoms with Crippen LogP contribution < -0.4 is 0 Å². The van der Waals surface area contributed by atoms with Crippen molar-refractivity contribution in [3.63, 3.8) is 0 Å². The summed E-state index contributed by atoms with van der Waals surface area (Å²) in [6, 6.07) is 4.15. The summed E-state index contributed by atoms with van der Waals surface area (Å²) < 4.78 is 27.2. The Morgan fingerprint density at radius 1 is 1.47 bits per heavy atom. The molecule has 82 valence electrons. The molecule has 4 nitrogen and oxygen atoms in total. The molecule has 0 N–H and O–H groups in total. The number of halogens is 2. The Bertz CT molecular complexity index is 497. The molecule has 0 amide bonds. The first-order chi connectivity index (χ1) is 6.86. The highest BCUT2D eigenvalue weighted by Crippen LogP contribution is 2.23. The van der Waals surface area contributed by atoms with Gasteiger partial charge in [-0.05, 0) is 40.8 Å². The van der Waals surface area contributed by atoms with Crippen LogP contribution in [0.1, 0.15) is 10.4 Å². The van der Waals surface area contributed by atoms with Gasteiger partial charge in [-0.15, -0.1) is 0 Å². The zero-order valence-corrected chi connectivity index (χ0v) is 11.3. The van der Waals surface area contributed by atoms with E-state index >= 15 is 0 Å². The highest BCUT2D eigenvalue weighted by atomic mass is 127. The van der Waals surface area contributed by atoms with Gasteiger partial charge in [-0.2, -0.15) is 0 Å². The second kappa shape index (κ2) is 4.67. The molecule has 0 radical (unpaired) electrons. The minimum atomic E-state index is -3.84. The monoisotopic (exact) mass is 360 g/mol. The summed E-state index contributed by atoms with van der Waals surface area (Å²) in [6.07, 6.45) is 0. The minimum absolute atomic E-state index is 0.0901. The van der Waals surface area contributed by atoms with Crippen LogP contribution in [0.4, 0.5) is 0 Å². The smallest absolute Gasteiger partial charge is 0.337 e. The summed E-state index contributed by atoms with van der Waals surface area (Å²) >= 11 is 1.82. The first-order valence-electron chi connectivity index (χ1n) is 3.69. The molecule has 7 heteroatoms. The molecule has 0 saturated carbocycles. The number of carbonyl (C=O) groups excluding carboxylic acids is 1. The van der Waals surface area contributed by atoms with E-state index in [1.807, 2.05) is 22.6 Å². The number of esters is 1. The number of ether oxygens (including phenoxy) is 1. The number of rotatable bonds is 2. The molecular weight excluding hydrogens is 355 g/mol. The van der Waals surface area contributed by atoms with Gasteiger partial charge in [0.2, 0.25) is 0 Å². The summed E-state index contributed by atoms with van der Waals surface area (Å²) in [4.78, 5) is 11.1. The number of carbonyl (C=O) groups is 1. The van der Waals surface area contributed by atoms with Gasteiger partial charge in [0, 0.05) is 14.3 Å². The molecule has 0 aliphatic carbocycles. The average Bonchev–Trinajstić information content (AvgIpc) is 2.15. The summed E-state index contributed by atoms with van der Waals surface area (Å²) in [7, 11) is 2.58. The molecule has 15 heavy (non-hydrogen) atoms. The molecule has 0 bridgehead atoms. The average molecular weight is 361 g/mol. The molecule has 0 unspecified atom stereocenters. The molecule has 0 saturated heterocycles. The third-order valence-corrected chi connectivity index (χ3v) is 4.28. The fourth-order valence-corrected chi connectivity index (χ4v) is 3.48. The van der Waals surface area contributed by atoms with E-state index in [-0.39, 0.29) is 10.5 Å². The van der Waals surface area contributed by atoms with Crippen LogP contribution in [0.25, 0.3) is 0 Å². The largest absolute Gasteiger partial charge is 0.465 e. The van der Waals surface area contributed by atoms with Crippen molar-refractivity contribution < 1.29 is 17.9 Å². The zero-order chi connectivity index (χ0) is 11.6. The highest BCUT2D eigenvalue weighted by molar-refractivity contribution is 14.1. The van der Waals surface area contributed by atoms with Gasteiger partial charge in [0.05, 0.1) is 17.6 Å². The lowest BCUT2D eigenvalue weighted by molar-refractivity contribution is 0.0600. The maximum Gasteiger partial charge on any atom is 0.337 e. The van der Waals surface area contributed by atoms with E-state index < -0.39 is 15.0 Å². The number of methoxy groups -OCH3 is 1. The Labute approximate surface area is 105 Å². The first kappa shape index (κ1) is 12.7. The molecule has 1 rings (SSSR count). The van der Waals surface area contributed by atoms with Crippen LogP contribution in [0.3, 0.4) is 0 Å². The summed E-state index contributed by atoms with van der Waals surface area (Å²) in [5.74, 6) is -0.604. The van der Waals surface area contributed by atoms with Crippen LogP contribution in [0, 0.1) is 3.57 Å². The van der Waals surface area contributed by atoms with Gasteiger partial charge in [-0.25, -0.2) is 13.2 Å². The van der Waals surface area contributed by atoms with Crippen molar-refractivity contribution in [3.8, 4) is 0 Å². The van der Waals surface area contributed by atoms with E-state index in [0.717, 1.165) is 0 Å². The van der Waals surface area contributed by atoms with Crippen LogP contribution in [0.5, 0.6) is 0 Å². The predicted octanol–water partition coefficient (Wildman–Crippen LogP) is 2.01. The van der Waals surface area contributed by atoms with Crippen molar-refractivity contribution in [3.05, 3.63) is 27.3 Å². The maximum absolute atomic E-state index is 11.1. The van der Waals surface area contributed by atoms with Gasteiger partial charge >= 0.3 is 5.97 Å². The quantitative estimate of drug-likeness (QED) is 0.460. The topological polar surface area (TPSA) is 60.4 Å². The van der Waals surface area contributed by atoms with Gasteiger partial charge < -0.3 is 4.74 Å². The third kappa shape index (κ3) is 3.05. The normalized spacial score (nSPS) is 11.1. The second-order valence-corrected chi connectivity index (χ2v) is 6.27. The lowest BCUT2D eigenvalue weighted by atomic mass is 10.2. The van der Waals surface area contributed by atoms with Gasteiger partial charge in [0.1, 0.15) is 0 Å². The van der Waals surface area contributed by atoms with Crippen LogP contribution in [0.15, 0.2) is 23.1 Å². The van der Waals surface area contributed by atoms with Gasteiger partial charge in [0.15, 0.2) is 0 Å². The van der Waals surface area contributed by atoms with Crippen LogP contribution in [-0.4, -0.2) is 21.5 Å². The summed E-state index contributed by atoms with van der Waals surface area (Å²) in [5.41, 5.74) is 0.150. The molecule has 0 aliphatic heterocycles. The molecule has 0 aliphatic rings. The van der Waals surface area contributed by atoms with Crippen LogP contribution in [-0.2, 0) is 13.8 Å². The van der Waals surface area contributed by atoms with E-state index in [2.05, 4.69) is 4.74 Å². The molecular formula is C8H6ClIO4S. The minimum Gasteiger partial charge on any atom is -0.465 e. The van der Waals surface area contributed by atoms with Gasteiger partial charge in [-0.3, -0.25) is 0 Å². The van der Waals surface area contributed by atoms with Crippen molar-refractivity contribution in [2.75, 3.05) is 7.11 Å². The zero-order valence-electron chi connectivity index (χ0n) is 7.53. The van der Waals surface area contributed by atoms with Crippen molar-refractivity contribution in [2.24, 2.45) is 0 Å². The first-order valence-corrected chi connectivity index (χ1v) is 7.07. The van der Waals surface area contributed by atoms with Gasteiger partial charge in [0.25, 0.3) is 9.05 Å². The number of hydrogen-bond donors (Lipinski definition) is 0. The standard InChI is InChI=1S/C8H6ClIO4S/c1-14-8(11)5-2-3-6(10)7(4-5)15(9,12)13/h2-4H,1H3.